The first kappa shape index (κ1) is 20.7. The van der Waals surface area contributed by atoms with Crippen LogP contribution >= 0.6 is 35.7 Å². The minimum Gasteiger partial charge on any atom is -0.454 e. The molecule has 3 rings (SSSR count). The molecule has 1 aliphatic rings. The molecule has 0 radical (unpaired) electrons. The van der Waals surface area contributed by atoms with Crippen molar-refractivity contribution in [1.29, 1.82) is 0 Å². The fourth-order valence-electron chi connectivity index (χ4n) is 2.44. The molecule has 1 aliphatic heterocycles. The number of benzene rings is 2. The average Bonchev–Trinajstić information content (AvgIpc) is 3.12. The Labute approximate surface area is 176 Å². The second-order valence-corrected chi connectivity index (χ2v) is 6.72. The van der Waals surface area contributed by atoms with E-state index in [2.05, 4.69) is 39.9 Å². The molecule has 0 fully saturated rings. The van der Waals surface area contributed by atoms with Crippen molar-refractivity contribution in [2.75, 3.05) is 26.1 Å². The molecular weight excluding hydrogens is 461 g/mol. The number of ether oxygens (including phenoxy) is 2. The molecular formula is C19H24IN3O2S. The van der Waals surface area contributed by atoms with Gasteiger partial charge in [-0.25, -0.2) is 0 Å². The Hall–Kier alpha value is -1.61. The molecule has 26 heavy (non-hydrogen) atoms. The lowest BCUT2D eigenvalue weighted by molar-refractivity contribution is 0.174. The summed E-state index contributed by atoms with van der Waals surface area (Å²) in [5.74, 6) is 3.50. The van der Waals surface area contributed by atoms with Gasteiger partial charge in [-0.15, -0.1) is 35.7 Å². The van der Waals surface area contributed by atoms with E-state index in [-0.39, 0.29) is 24.0 Å². The van der Waals surface area contributed by atoms with Gasteiger partial charge in [0, 0.05) is 25.0 Å². The number of thioether (sulfide) groups is 1. The minimum absolute atomic E-state index is 0. The van der Waals surface area contributed by atoms with Crippen molar-refractivity contribution in [3.8, 4) is 11.5 Å². The van der Waals surface area contributed by atoms with E-state index in [9.17, 15) is 0 Å². The van der Waals surface area contributed by atoms with Crippen LogP contribution in [0.25, 0.3) is 0 Å². The number of nitrogens with one attached hydrogen (secondary N) is 2. The molecule has 140 valence electrons. The molecule has 0 saturated carbocycles. The lowest BCUT2D eigenvalue weighted by Gasteiger charge is -2.12. The summed E-state index contributed by atoms with van der Waals surface area (Å²) in [6.45, 7) is 1.88. The maximum absolute atomic E-state index is 5.40. The van der Waals surface area contributed by atoms with E-state index >= 15 is 0 Å². The van der Waals surface area contributed by atoms with Crippen LogP contribution < -0.4 is 20.1 Å². The molecule has 0 amide bonds. The molecule has 0 saturated heterocycles. The number of halogens is 1. The van der Waals surface area contributed by atoms with Crippen LogP contribution in [0.1, 0.15) is 12.0 Å². The van der Waals surface area contributed by atoms with E-state index in [4.69, 9.17) is 9.47 Å². The monoisotopic (exact) mass is 485 g/mol. The highest BCUT2D eigenvalue weighted by Crippen LogP contribution is 2.32. The van der Waals surface area contributed by atoms with Gasteiger partial charge in [0.1, 0.15) is 0 Å². The molecule has 0 atom stereocenters. The summed E-state index contributed by atoms with van der Waals surface area (Å²) in [6, 6.07) is 16.4. The number of hydrogen-bond acceptors (Lipinski definition) is 4. The Balaban J connectivity index is 0.00000243. The van der Waals surface area contributed by atoms with Gasteiger partial charge in [0.05, 0.1) is 0 Å². The third-order valence-corrected chi connectivity index (χ3v) is 4.84. The van der Waals surface area contributed by atoms with Crippen LogP contribution in [-0.4, -0.2) is 32.1 Å². The molecule has 2 aromatic rings. The normalized spacial score (nSPS) is 12.4. The number of guanidine groups is 1. The standard InChI is InChI=1S/C19H23N3O2S.HI/c1-20-19(21-10-5-11-25-16-6-3-2-4-7-16)22-13-15-8-9-17-18(12-15)24-14-23-17;/h2-4,6-9,12H,5,10-11,13-14H2,1H3,(H2,20,21,22);1H. The molecule has 2 aromatic carbocycles. The Morgan fingerprint density at radius 2 is 1.88 bits per heavy atom. The summed E-state index contributed by atoms with van der Waals surface area (Å²) in [5.41, 5.74) is 1.13. The van der Waals surface area contributed by atoms with Gasteiger partial charge in [0.25, 0.3) is 0 Å². The zero-order chi connectivity index (χ0) is 17.3. The summed E-state index contributed by atoms with van der Waals surface area (Å²) in [7, 11) is 1.79. The lowest BCUT2D eigenvalue weighted by Crippen LogP contribution is -2.37. The molecule has 0 aliphatic carbocycles. The number of aliphatic imine (C=N–C) groups is 1. The molecule has 2 N–H and O–H groups in total. The number of hydrogen-bond donors (Lipinski definition) is 2. The van der Waals surface area contributed by atoms with Crippen molar-refractivity contribution in [2.24, 2.45) is 4.99 Å². The Morgan fingerprint density at radius 1 is 1.08 bits per heavy atom. The van der Waals surface area contributed by atoms with Crippen molar-refractivity contribution in [1.82, 2.24) is 10.6 Å². The van der Waals surface area contributed by atoms with Crippen molar-refractivity contribution >= 4 is 41.7 Å². The first-order chi connectivity index (χ1) is 12.3. The maximum Gasteiger partial charge on any atom is 0.231 e. The van der Waals surface area contributed by atoms with Gasteiger partial charge in [0.2, 0.25) is 6.79 Å². The highest BCUT2D eigenvalue weighted by Gasteiger charge is 2.13. The second kappa shape index (κ2) is 11.2. The molecule has 5 nitrogen and oxygen atoms in total. The highest BCUT2D eigenvalue weighted by atomic mass is 127. The highest BCUT2D eigenvalue weighted by molar-refractivity contribution is 14.0. The van der Waals surface area contributed by atoms with Gasteiger partial charge in [0.15, 0.2) is 17.5 Å². The van der Waals surface area contributed by atoms with E-state index < -0.39 is 0 Å². The van der Waals surface area contributed by atoms with Crippen LogP contribution in [0.5, 0.6) is 11.5 Å². The first-order valence-corrected chi connectivity index (χ1v) is 9.34. The predicted molar refractivity (Wildman–Crippen MR) is 118 cm³/mol. The van der Waals surface area contributed by atoms with Crippen molar-refractivity contribution in [3.05, 3.63) is 54.1 Å². The third kappa shape index (κ3) is 6.28. The van der Waals surface area contributed by atoms with Crippen LogP contribution in [-0.2, 0) is 6.54 Å². The second-order valence-electron chi connectivity index (χ2n) is 5.56. The maximum atomic E-state index is 5.40. The van der Waals surface area contributed by atoms with E-state index in [1.54, 1.807) is 7.05 Å². The number of rotatable bonds is 7. The zero-order valence-corrected chi connectivity index (χ0v) is 17.9. The average molecular weight is 485 g/mol. The lowest BCUT2D eigenvalue weighted by atomic mass is 10.2. The summed E-state index contributed by atoms with van der Waals surface area (Å²) < 4.78 is 10.7. The smallest absolute Gasteiger partial charge is 0.231 e. The van der Waals surface area contributed by atoms with Crippen molar-refractivity contribution in [3.63, 3.8) is 0 Å². The quantitative estimate of drug-likeness (QED) is 0.205. The fraction of sp³-hybridized carbons (Fsp3) is 0.316. The van der Waals surface area contributed by atoms with Crippen LogP contribution in [0.3, 0.4) is 0 Å². The van der Waals surface area contributed by atoms with Gasteiger partial charge in [-0.1, -0.05) is 24.3 Å². The largest absolute Gasteiger partial charge is 0.454 e. The van der Waals surface area contributed by atoms with Gasteiger partial charge in [-0.2, -0.15) is 0 Å². The van der Waals surface area contributed by atoms with Gasteiger partial charge in [-0.3, -0.25) is 4.99 Å². The number of nitrogens with zero attached hydrogens (tertiary/aromatic N) is 1. The third-order valence-electron chi connectivity index (χ3n) is 3.75. The topological polar surface area (TPSA) is 54.9 Å². The first-order valence-electron chi connectivity index (χ1n) is 8.36. The van der Waals surface area contributed by atoms with Gasteiger partial charge < -0.3 is 20.1 Å². The van der Waals surface area contributed by atoms with E-state index in [1.807, 2.05) is 36.0 Å². The molecule has 0 unspecified atom stereocenters. The van der Waals surface area contributed by atoms with Crippen LogP contribution in [0, 0.1) is 0 Å². The zero-order valence-electron chi connectivity index (χ0n) is 14.7. The van der Waals surface area contributed by atoms with E-state index in [0.717, 1.165) is 41.7 Å². The molecule has 7 heteroatoms. The summed E-state index contributed by atoms with van der Waals surface area (Å²) in [4.78, 5) is 5.58. The molecule has 1 heterocycles. The Kier molecular flexibility index (Phi) is 8.90. The Bertz CT molecular complexity index is 713. The van der Waals surface area contributed by atoms with Crippen molar-refractivity contribution < 1.29 is 9.47 Å². The van der Waals surface area contributed by atoms with Crippen LogP contribution in [0.4, 0.5) is 0 Å². The SMILES string of the molecule is CN=C(NCCCSc1ccccc1)NCc1ccc2c(c1)OCO2.I. The minimum atomic E-state index is 0. The van der Waals surface area contributed by atoms with Crippen LogP contribution in [0.2, 0.25) is 0 Å². The van der Waals surface area contributed by atoms with Gasteiger partial charge >= 0.3 is 0 Å². The van der Waals surface area contributed by atoms with Crippen LogP contribution in [0.15, 0.2) is 58.4 Å². The molecule has 0 bridgehead atoms. The molecule has 0 spiro atoms. The van der Waals surface area contributed by atoms with E-state index in [1.165, 1.54) is 4.90 Å². The van der Waals surface area contributed by atoms with Crippen molar-refractivity contribution in [2.45, 2.75) is 17.9 Å². The summed E-state index contributed by atoms with van der Waals surface area (Å²) in [6.07, 6.45) is 1.07. The van der Waals surface area contributed by atoms with Gasteiger partial charge in [-0.05, 0) is 42.0 Å². The van der Waals surface area contributed by atoms with E-state index in [0.29, 0.717) is 13.3 Å². The number of fused-ring (bicyclic) bond motifs is 1. The summed E-state index contributed by atoms with van der Waals surface area (Å²) >= 11 is 1.88. The Morgan fingerprint density at radius 3 is 2.69 bits per heavy atom. The summed E-state index contributed by atoms with van der Waals surface area (Å²) in [5, 5.41) is 6.67. The fourth-order valence-corrected chi connectivity index (χ4v) is 3.32. The predicted octanol–water partition coefficient (Wildman–Crippen LogP) is 3.88. The molecule has 0 aromatic heterocycles.